The first-order valence-electron chi connectivity index (χ1n) is 7.60. The van der Waals surface area contributed by atoms with Crippen LogP contribution in [0.1, 0.15) is 43.4 Å². The summed E-state index contributed by atoms with van der Waals surface area (Å²) in [4.78, 5) is 2.60. The number of nitrogens with two attached hydrogens (primary N) is 1. The molecule has 104 valence electrons. The highest BCUT2D eigenvalue weighted by Gasteiger charge is 2.24. The van der Waals surface area contributed by atoms with Crippen LogP contribution in [0.5, 0.6) is 0 Å². The van der Waals surface area contributed by atoms with Crippen molar-refractivity contribution in [1.82, 2.24) is 10.2 Å². The van der Waals surface area contributed by atoms with Crippen LogP contribution in [-0.2, 0) is 6.42 Å². The Balaban J connectivity index is 1.57. The zero-order valence-electron chi connectivity index (χ0n) is 11.9. The molecule has 19 heavy (non-hydrogen) atoms. The Morgan fingerprint density at radius 2 is 2.16 bits per heavy atom. The van der Waals surface area contributed by atoms with Crippen molar-refractivity contribution in [3.8, 4) is 0 Å². The third-order valence-corrected chi connectivity index (χ3v) is 4.67. The second kappa shape index (κ2) is 5.51. The quantitative estimate of drug-likeness (QED) is 0.815. The molecule has 1 aliphatic heterocycles. The van der Waals surface area contributed by atoms with Gasteiger partial charge in [0.2, 0.25) is 0 Å². The Hall–Kier alpha value is -1.06. The van der Waals surface area contributed by atoms with Gasteiger partial charge in [-0.05, 0) is 69.0 Å². The molecule has 1 aliphatic carbocycles. The van der Waals surface area contributed by atoms with Gasteiger partial charge in [0.05, 0.1) is 0 Å². The number of hydrogen-bond acceptors (Lipinski definition) is 3. The molecule has 1 aromatic rings. The van der Waals surface area contributed by atoms with Crippen LogP contribution < -0.4 is 11.1 Å². The number of nitrogens with one attached hydrogen (secondary N) is 1. The van der Waals surface area contributed by atoms with Gasteiger partial charge in [-0.2, -0.15) is 0 Å². The topological polar surface area (TPSA) is 41.3 Å². The molecule has 3 N–H and O–H groups in total. The van der Waals surface area contributed by atoms with E-state index in [0.29, 0.717) is 12.1 Å². The van der Waals surface area contributed by atoms with Crippen LogP contribution in [-0.4, -0.2) is 30.6 Å². The normalized spacial score (nSPS) is 24.6. The summed E-state index contributed by atoms with van der Waals surface area (Å²) < 4.78 is 0. The van der Waals surface area contributed by atoms with E-state index in [4.69, 9.17) is 5.73 Å². The highest BCUT2D eigenvalue weighted by Crippen LogP contribution is 2.32. The zero-order valence-corrected chi connectivity index (χ0v) is 11.9. The first-order valence-corrected chi connectivity index (χ1v) is 7.60. The van der Waals surface area contributed by atoms with E-state index in [0.717, 1.165) is 18.7 Å². The Labute approximate surface area is 116 Å². The number of anilines is 1. The first kappa shape index (κ1) is 12.9. The summed E-state index contributed by atoms with van der Waals surface area (Å²) in [7, 11) is 0. The molecule has 1 saturated heterocycles. The third kappa shape index (κ3) is 2.77. The minimum Gasteiger partial charge on any atom is -0.399 e. The summed E-state index contributed by atoms with van der Waals surface area (Å²) in [5, 5.41) is 3.75. The number of aryl methyl sites for hydroxylation is 1. The lowest BCUT2D eigenvalue weighted by molar-refractivity contribution is 0.245. The van der Waals surface area contributed by atoms with Gasteiger partial charge < -0.3 is 11.1 Å². The van der Waals surface area contributed by atoms with E-state index < -0.39 is 0 Å². The van der Waals surface area contributed by atoms with Gasteiger partial charge in [0, 0.05) is 24.3 Å². The van der Waals surface area contributed by atoms with Crippen molar-refractivity contribution in [2.24, 2.45) is 0 Å². The largest absolute Gasteiger partial charge is 0.399 e. The lowest BCUT2D eigenvalue weighted by atomic mass is 10.1. The van der Waals surface area contributed by atoms with E-state index in [-0.39, 0.29) is 0 Å². The number of nitrogen functional groups attached to an aromatic ring is 1. The van der Waals surface area contributed by atoms with E-state index in [9.17, 15) is 0 Å². The van der Waals surface area contributed by atoms with E-state index in [1.807, 2.05) is 6.07 Å². The number of hydrogen-bond donors (Lipinski definition) is 2. The minimum absolute atomic E-state index is 0.528. The highest BCUT2D eigenvalue weighted by molar-refractivity contribution is 5.47. The van der Waals surface area contributed by atoms with Crippen LogP contribution in [0.3, 0.4) is 0 Å². The van der Waals surface area contributed by atoms with E-state index >= 15 is 0 Å². The fourth-order valence-corrected chi connectivity index (χ4v) is 3.47. The van der Waals surface area contributed by atoms with Crippen molar-refractivity contribution in [3.05, 3.63) is 29.3 Å². The molecule has 1 heterocycles. The predicted octanol–water partition coefficient (Wildman–Crippen LogP) is 2.33. The van der Waals surface area contributed by atoms with Gasteiger partial charge in [-0.3, -0.25) is 4.90 Å². The molecule has 2 unspecified atom stereocenters. The monoisotopic (exact) mass is 259 g/mol. The summed E-state index contributed by atoms with van der Waals surface area (Å²) in [6, 6.07) is 7.56. The minimum atomic E-state index is 0.528. The molecule has 0 aromatic heterocycles. The Bertz CT molecular complexity index is 438. The van der Waals surface area contributed by atoms with Crippen molar-refractivity contribution >= 4 is 5.69 Å². The summed E-state index contributed by atoms with van der Waals surface area (Å²) >= 11 is 0. The molecule has 0 saturated carbocycles. The lowest BCUT2D eigenvalue weighted by Gasteiger charge is -2.26. The third-order valence-electron chi connectivity index (χ3n) is 4.67. The molecule has 3 nitrogen and oxygen atoms in total. The average Bonchev–Trinajstić information content (AvgIpc) is 3.05. The summed E-state index contributed by atoms with van der Waals surface area (Å²) in [6.45, 7) is 5.99. The fourth-order valence-electron chi connectivity index (χ4n) is 3.47. The maximum absolute atomic E-state index is 5.85. The van der Waals surface area contributed by atoms with Gasteiger partial charge in [0.25, 0.3) is 0 Å². The molecule has 1 aromatic carbocycles. The molecular formula is C16H25N3. The number of fused-ring (bicyclic) bond motifs is 1. The number of likely N-dealkylation sites (tertiary alicyclic amines) is 1. The number of rotatable bonds is 4. The van der Waals surface area contributed by atoms with Gasteiger partial charge in [-0.15, -0.1) is 0 Å². The van der Waals surface area contributed by atoms with Crippen molar-refractivity contribution in [3.63, 3.8) is 0 Å². The van der Waals surface area contributed by atoms with Crippen LogP contribution in [0, 0.1) is 0 Å². The van der Waals surface area contributed by atoms with E-state index in [1.165, 1.54) is 43.5 Å². The van der Waals surface area contributed by atoms with Crippen molar-refractivity contribution < 1.29 is 0 Å². The molecule has 3 heteroatoms. The maximum atomic E-state index is 5.85. The van der Waals surface area contributed by atoms with E-state index in [1.54, 1.807) is 0 Å². The Morgan fingerprint density at radius 3 is 2.95 bits per heavy atom. The molecule has 0 spiro atoms. The van der Waals surface area contributed by atoms with Gasteiger partial charge in [-0.1, -0.05) is 6.07 Å². The van der Waals surface area contributed by atoms with Gasteiger partial charge >= 0.3 is 0 Å². The summed E-state index contributed by atoms with van der Waals surface area (Å²) in [5.74, 6) is 0. The second-order valence-corrected chi connectivity index (χ2v) is 6.05. The van der Waals surface area contributed by atoms with Gasteiger partial charge in [-0.25, -0.2) is 0 Å². The number of nitrogens with zero attached hydrogens (tertiary/aromatic N) is 1. The first-order chi connectivity index (χ1) is 9.24. The van der Waals surface area contributed by atoms with Gasteiger partial charge in [0.15, 0.2) is 0 Å². The maximum Gasteiger partial charge on any atom is 0.0326 e. The molecule has 1 fully saturated rings. The molecular weight excluding hydrogens is 234 g/mol. The van der Waals surface area contributed by atoms with E-state index in [2.05, 4.69) is 29.3 Å². The molecule has 3 rings (SSSR count). The Kier molecular flexibility index (Phi) is 3.76. The standard InChI is InChI=1S/C16H25N3/c1-12(19-8-2-3-9-19)11-18-16-7-4-13-10-14(17)5-6-15(13)16/h5-6,10,12,16,18H,2-4,7-9,11,17H2,1H3. The van der Waals surface area contributed by atoms with Gasteiger partial charge in [0.1, 0.15) is 0 Å². The SMILES string of the molecule is CC(CNC1CCc2cc(N)ccc21)N1CCCC1. The average molecular weight is 259 g/mol. The highest BCUT2D eigenvalue weighted by atomic mass is 15.2. The molecule has 0 amide bonds. The second-order valence-electron chi connectivity index (χ2n) is 6.05. The van der Waals surface area contributed by atoms with Crippen molar-refractivity contribution in [1.29, 1.82) is 0 Å². The molecule has 2 aliphatic rings. The molecule has 0 radical (unpaired) electrons. The van der Waals surface area contributed by atoms with Crippen LogP contribution in [0.2, 0.25) is 0 Å². The van der Waals surface area contributed by atoms with Crippen LogP contribution in [0.15, 0.2) is 18.2 Å². The zero-order chi connectivity index (χ0) is 13.2. The fraction of sp³-hybridized carbons (Fsp3) is 0.625. The summed E-state index contributed by atoms with van der Waals surface area (Å²) in [5.41, 5.74) is 9.64. The van der Waals surface area contributed by atoms with Crippen LogP contribution in [0.4, 0.5) is 5.69 Å². The van der Waals surface area contributed by atoms with Crippen molar-refractivity contribution in [2.45, 2.75) is 44.7 Å². The molecule has 2 atom stereocenters. The lowest BCUT2D eigenvalue weighted by Crippen LogP contribution is -2.39. The van der Waals surface area contributed by atoms with Crippen molar-refractivity contribution in [2.75, 3.05) is 25.4 Å². The Morgan fingerprint density at radius 1 is 1.37 bits per heavy atom. The predicted molar refractivity (Wildman–Crippen MR) is 80.2 cm³/mol. The smallest absolute Gasteiger partial charge is 0.0326 e. The summed E-state index contributed by atoms with van der Waals surface area (Å²) in [6.07, 6.45) is 5.12. The number of benzene rings is 1. The van der Waals surface area contributed by atoms with Crippen LogP contribution in [0.25, 0.3) is 0 Å². The van der Waals surface area contributed by atoms with Crippen LogP contribution >= 0.6 is 0 Å². The molecule has 0 bridgehead atoms.